The van der Waals surface area contributed by atoms with Crippen molar-refractivity contribution in [2.24, 2.45) is 5.92 Å². The number of hydrogen-bond acceptors (Lipinski definition) is 7. The van der Waals surface area contributed by atoms with Crippen molar-refractivity contribution in [1.82, 2.24) is 15.6 Å². The minimum absolute atomic E-state index is 0.0608. The third-order valence-corrected chi connectivity index (χ3v) is 7.43. The Morgan fingerprint density at radius 3 is 2.61 bits per heavy atom. The second-order valence-electron chi connectivity index (χ2n) is 10.5. The summed E-state index contributed by atoms with van der Waals surface area (Å²) in [6, 6.07) is 5.73. The summed E-state index contributed by atoms with van der Waals surface area (Å²) in [6.07, 6.45) is 9.17. The standard InChI is InChI=1S/C27H39N5O5S/c1-18(2)37-27(34)31-17-19(3)32(26(33)20-10-11-20)24-13-12-21(16-25(24)31)22-8-6-5-7-9-23(22)30-28-14-15-29-38(4,35)36/h6,8,12-13,16,18-20,28-30H,5,7,9-11,14-15,17H2,1-4H3/t19-/m0/s1. The van der Waals surface area contributed by atoms with Crippen LogP contribution in [-0.2, 0) is 19.6 Å². The van der Waals surface area contributed by atoms with E-state index >= 15 is 0 Å². The predicted molar refractivity (Wildman–Crippen MR) is 149 cm³/mol. The van der Waals surface area contributed by atoms with Crippen LogP contribution in [0.3, 0.4) is 0 Å². The molecular formula is C27H39N5O5S. The SMILES string of the molecule is CC(C)OC(=O)N1C[C@H](C)N(C(=O)C2CC2)c2ccc(C3=C(NNCCNS(C)(=O)=O)CCCC=C3)cc21. The van der Waals surface area contributed by atoms with Gasteiger partial charge in [-0.05, 0) is 70.6 Å². The van der Waals surface area contributed by atoms with E-state index < -0.39 is 16.1 Å². The number of allylic oxidation sites excluding steroid dienone is 4. The van der Waals surface area contributed by atoms with Gasteiger partial charge in [0.05, 0.1) is 29.8 Å². The highest BCUT2D eigenvalue weighted by molar-refractivity contribution is 7.88. The molecule has 0 unspecified atom stereocenters. The van der Waals surface area contributed by atoms with Gasteiger partial charge in [-0.15, -0.1) is 0 Å². The molecule has 0 saturated heterocycles. The molecule has 2 amide bonds. The quantitative estimate of drug-likeness (QED) is 0.322. The Hall–Kier alpha value is -2.89. The molecule has 3 N–H and O–H groups in total. The number of nitrogens with one attached hydrogen (secondary N) is 3. The lowest BCUT2D eigenvalue weighted by Crippen LogP contribution is -2.52. The van der Waals surface area contributed by atoms with Gasteiger partial charge in [0.25, 0.3) is 0 Å². The molecular weight excluding hydrogens is 506 g/mol. The lowest BCUT2D eigenvalue weighted by molar-refractivity contribution is -0.120. The van der Waals surface area contributed by atoms with E-state index in [4.69, 9.17) is 4.74 Å². The number of carbonyl (C=O) groups is 2. The lowest BCUT2D eigenvalue weighted by atomic mass is 9.98. The predicted octanol–water partition coefficient (Wildman–Crippen LogP) is 3.28. The molecule has 11 heteroatoms. The van der Waals surface area contributed by atoms with Gasteiger partial charge in [-0.25, -0.2) is 23.4 Å². The Kier molecular flexibility index (Phi) is 8.79. The molecule has 0 aromatic heterocycles. The van der Waals surface area contributed by atoms with Gasteiger partial charge in [0.15, 0.2) is 0 Å². The zero-order valence-corrected chi connectivity index (χ0v) is 23.4. The summed E-state index contributed by atoms with van der Waals surface area (Å²) < 4.78 is 30.7. The Balaban J connectivity index is 1.66. The van der Waals surface area contributed by atoms with Gasteiger partial charge >= 0.3 is 6.09 Å². The molecule has 38 heavy (non-hydrogen) atoms. The van der Waals surface area contributed by atoms with E-state index in [9.17, 15) is 18.0 Å². The minimum Gasteiger partial charge on any atom is -0.446 e. The average Bonchev–Trinajstić information content (AvgIpc) is 3.69. The van der Waals surface area contributed by atoms with Crippen molar-refractivity contribution < 1.29 is 22.7 Å². The molecule has 3 aliphatic rings. The summed E-state index contributed by atoms with van der Waals surface area (Å²) in [5.41, 5.74) is 10.6. The van der Waals surface area contributed by atoms with E-state index in [0.717, 1.165) is 60.9 Å². The van der Waals surface area contributed by atoms with Crippen LogP contribution in [0, 0.1) is 5.92 Å². The summed E-state index contributed by atoms with van der Waals surface area (Å²) in [5.74, 6) is 0.178. The van der Waals surface area contributed by atoms with Crippen LogP contribution in [0.15, 0.2) is 36.0 Å². The molecule has 0 spiro atoms. The van der Waals surface area contributed by atoms with Crippen LogP contribution < -0.4 is 25.4 Å². The maximum atomic E-state index is 13.2. The summed E-state index contributed by atoms with van der Waals surface area (Å²) in [6.45, 7) is 6.64. The summed E-state index contributed by atoms with van der Waals surface area (Å²) >= 11 is 0. The van der Waals surface area contributed by atoms with Crippen LogP contribution in [0.4, 0.5) is 16.2 Å². The number of carbonyl (C=O) groups excluding carboxylic acids is 2. The Morgan fingerprint density at radius 2 is 1.92 bits per heavy atom. The van der Waals surface area contributed by atoms with Gasteiger partial charge in [0, 0.05) is 36.8 Å². The van der Waals surface area contributed by atoms with Gasteiger partial charge < -0.3 is 15.1 Å². The van der Waals surface area contributed by atoms with Crippen molar-refractivity contribution in [2.75, 3.05) is 35.7 Å². The summed E-state index contributed by atoms with van der Waals surface area (Å²) in [5, 5.41) is 0. The Bertz CT molecular complexity index is 1220. The smallest absolute Gasteiger partial charge is 0.414 e. The number of sulfonamides is 1. The number of hydrogen-bond donors (Lipinski definition) is 3. The first-order valence-electron chi connectivity index (χ1n) is 13.3. The van der Waals surface area contributed by atoms with Crippen molar-refractivity contribution in [3.8, 4) is 0 Å². The monoisotopic (exact) mass is 545 g/mol. The highest BCUT2D eigenvalue weighted by Crippen LogP contribution is 2.42. The van der Waals surface area contributed by atoms with Gasteiger partial charge in [-0.2, -0.15) is 0 Å². The normalized spacial score (nSPS) is 19.9. The van der Waals surface area contributed by atoms with Crippen LogP contribution in [0.25, 0.3) is 5.57 Å². The van der Waals surface area contributed by atoms with Crippen LogP contribution in [-0.4, -0.2) is 58.5 Å². The first kappa shape index (κ1) is 28.1. The van der Waals surface area contributed by atoms with Crippen LogP contribution >= 0.6 is 0 Å². The number of fused-ring (bicyclic) bond motifs is 1. The lowest BCUT2D eigenvalue weighted by Gasteiger charge is -2.41. The number of anilines is 2. The number of benzene rings is 1. The fourth-order valence-corrected chi connectivity index (χ4v) is 5.27. The average molecular weight is 546 g/mol. The van der Waals surface area contributed by atoms with Gasteiger partial charge in [0.1, 0.15) is 0 Å². The largest absolute Gasteiger partial charge is 0.446 e. The van der Waals surface area contributed by atoms with Gasteiger partial charge in [-0.1, -0.05) is 18.2 Å². The molecule has 208 valence electrons. The third-order valence-electron chi connectivity index (χ3n) is 6.71. The number of rotatable bonds is 9. The number of ether oxygens (including phenoxy) is 1. The fourth-order valence-electron chi connectivity index (χ4n) is 4.80. The van der Waals surface area contributed by atoms with Gasteiger partial charge in [-0.3, -0.25) is 9.69 Å². The first-order valence-corrected chi connectivity index (χ1v) is 15.2. The molecule has 2 aliphatic carbocycles. The molecule has 1 aromatic rings. The van der Waals surface area contributed by atoms with E-state index in [1.54, 1.807) is 4.90 Å². The van der Waals surface area contributed by atoms with Crippen molar-refractivity contribution in [3.05, 3.63) is 41.6 Å². The molecule has 0 radical (unpaired) electrons. The van der Waals surface area contributed by atoms with Gasteiger partial charge in [0.2, 0.25) is 15.9 Å². The van der Waals surface area contributed by atoms with Crippen molar-refractivity contribution in [1.29, 1.82) is 0 Å². The molecule has 0 bridgehead atoms. The summed E-state index contributed by atoms with van der Waals surface area (Å²) in [4.78, 5) is 29.8. The highest BCUT2D eigenvalue weighted by atomic mass is 32.2. The van der Waals surface area contributed by atoms with E-state index in [1.165, 1.54) is 0 Å². The molecule has 4 rings (SSSR count). The highest BCUT2D eigenvalue weighted by Gasteiger charge is 2.41. The molecule has 1 heterocycles. The van der Waals surface area contributed by atoms with Crippen molar-refractivity contribution >= 4 is 39.0 Å². The molecule has 1 atom stereocenters. The van der Waals surface area contributed by atoms with Crippen LogP contribution in [0.5, 0.6) is 0 Å². The second-order valence-corrected chi connectivity index (χ2v) is 12.3. The van der Waals surface area contributed by atoms with E-state index in [0.29, 0.717) is 18.8 Å². The van der Waals surface area contributed by atoms with Crippen LogP contribution in [0.1, 0.15) is 58.4 Å². The molecule has 1 aromatic carbocycles. The maximum absolute atomic E-state index is 13.2. The third kappa shape index (κ3) is 6.95. The molecule has 1 saturated carbocycles. The Morgan fingerprint density at radius 1 is 1.16 bits per heavy atom. The first-order chi connectivity index (χ1) is 18.0. The Labute approximate surface area is 225 Å². The second kappa shape index (κ2) is 11.9. The number of hydrazine groups is 1. The minimum atomic E-state index is -3.25. The van der Waals surface area contributed by atoms with Crippen molar-refractivity contribution in [3.63, 3.8) is 0 Å². The number of nitrogens with zero attached hydrogens (tertiary/aromatic N) is 2. The van der Waals surface area contributed by atoms with E-state index in [-0.39, 0.29) is 30.5 Å². The van der Waals surface area contributed by atoms with E-state index in [2.05, 4.69) is 27.7 Å². The zero-order valence-electron chi connectivity index (χ0n) is 22.6. The summed E-state index contributed by atoms with van der Waals surface area (Å²) in [7, 11) is -3.25. The van der Waals surface area contributed by atoms with E-state index in [1.807, 2.05) is 43.9 Å². The van der Waals surface area contributed by atoms with Crippen LogP contribution in [0.2, 0.25) is 0 Å². The zero-order chi connectivity index (χ0) is 27.4. The molecule has 1 fully saturated rings. The maximum Gasteiger partial charge on any atom is 0.414 e. The molecule has 10 nitrogen and oxygen atoms in total. The topological polar surface area (TPSA) is 120 Å². The number of amides is 2. The fraction of sp³-hybridized carbons (Fsp3) is 0.556. The van der Waals surface area contributed by atoms with Crippen molar-refractivity contribution in [2.45, 2.75) is 65.0 Å². The molecule has 1 aliphatic heterocycles.